The van der Waals surface area contributed by atoms with E-state index < -0.39 is 0 Å². The number of allylic oxidation sites excluding steroid dienone is 4. The van der Waals surface area contributed by atoms with Crippen LogP contribution in [0.5, 0.6) is 11.5 Å². The largest absolute Gasteiger partial charge is 0.493 e. The van der Waals surface area contributed by atoms with E-state index in [1.807, 2.05) is 31.3 Å². The number of fused-ring (bicyclic) bond motifs is 1. The van der Waals surface area contributed by atoms with Crippen LogP contribution in [-0.2, 0) is 4.79 Å². The molecule has 2 atom stereocenters. The molecule has 0 aromatic heterocycles. The molecule has 170 valence electrons. The van der Waals surface area contributed by atoms with Crippen molar-refractivity contribution in [2.24, 2.45) is 5.92 Å². The maximum absolute atomic E-state index is 13.4. The lowest BCUT2D eigenvalue weighted by molar-refractivity contribution is -0.122. The minimum Gasteiger partial charge on any atom is -0.493 e. The topological polar surface area (TPSA) is 54.0 Å². The van der Waals surface area contributed by atoms with E-state index in [1.54, 1.807) is 18.1 Å². The lowest BCUT2D eigenvalue weighted by Gasteiger charge is -2.36. The quantitative estimate of drug-likeness (QED) is 0.759. The molecule has 1 aromatic carbocycles. The number of ether oxygens (including phenoxy) is 2. The van der Waals surface area contributed by atoms with Gasteiger partial charge >= 0.3 is 0 Å². The van der Waals surface area contributed by atoms with Crippen molar-refractivity contribution in [3.05, 3.63) is 65.7 Å². The number of hydrogen-bond donors (Lipinski definition) is 1. The molecule has 3 aliphatic rings. The molecule has 6 heteroatoms. The molecule has 0 spiro atoms. The molecule has 3 heterocycles. The number of benzene rings is 1. The zero-order valence-electron chi connectivity index (χ0n) is 19.4. The number of amides is 1. The van der Waals surface area contributed by atoms with Crippen molar-refractivity contribution in [3.8, 4) is 11.5 Å². The van der Waals surface area contributed by atoms with Gasteiger partial charge in [0, 0.05) is 43.6 Å². The van der Waals surface area contributed by atoms with Gasteiger partial charge in [0.1, 0.15) is 0 Å². The Labute approximate surface area is 190 Å². The molecule has 3 aliphatic heterocycles. The standard InChI is InChI=1S/C26H33N3O3/c1-5-32-25-14-20(7-11-24(25)31-4)23-15-26(30)29-17-22(28-13-12-27-19(3)16-28)10-9-21(29)8-6-18(23)2/h7-11,14-15,17-19,27H,5-6,12-13,16H2,1-4H3. The van der Waals surface area contributed by atoms with Crippen molar-refractivity contribution in [3.63, 3.8) is 0 Å². The third kappa shape index (κ3) is 4.60. The predicted molar refractivity (Wildman–Crippen MR) is 127 cm³/mol. The summed E-state index contributed by atoms with van der Waals surface area (Å²) in [6.45, 7) is 9.67. The van der Waals surface area contributed by atoms with Crippen LogP contribution >= 0.6 is 0 Å². The highest BCUT2D eigenvalue weighted by atomic mass is 16.5. The molecule has 0 saturated carbocycles. The van der Waals surface area contributed by atoms with Gasteiger partial charge in [-0.05, 0) is 61.6 Å². The molecule has 0 bridgehead atoms. The number of rotatable bonds is 5. The Balaban J connectivity index is 1.65. The number of methoxy groups -OCH3 is 1. The summed E-state index contributed by atoms with van der Waals surface area (Å²) in [6, 6.07) is 6.32. The third-order valence-corrected chi connectivity index (χ3v) is 6.22. The van der Waals surface area contributed by atoms with E-state index in [1.165, 1.54) is 0 Å². The maximum Gasteiger partial charge on any atom is 0.255 e. The molecule has 4 rings (SSSR count). The Morgan fingerprint density at radius 1 is 1.16 bits per heavy atom. The highest BCUT2D eigenvalue weighted by Gasteiger charge is 2.25. The van der Waals surface area contributed by atoms with Crippen molar-refractivity contribution < 1.29 is 14.3 Å². The molecule has 2 unspecified atom stereocenters. The first-order valence-corrected chi connectivity index (χ1v) is 11.4. The zero-order chi connectivity index (χ0) is 22.7. The van der Waals surface area contributed by atoms with E-state index in [-0.39, 0.29) is 11.8 Å². The van der Waals surface area contributed by atoms with Crippen LogP contribution in [0.2, 0.25) is 0 Å². The van der Waals surface area contributed by atoms with Crippen LogP contribution in [0.4, 0.5) is 0 Å². The Morgan fingerprint density at radius 2 is 1.97 bits per heavy atom. The number of nitrogens with zero attached hydrogens (tertiary/aromatic N) is 2. The molecule has 0 aliphatic carbocycles. The van der Waals surface area contributed by atoms with Gasteiger partial charge < -0.3 is 19.7 Å². The van der Waals surface area contributed by atoms with Crippen LogP contribution < -0.4 is 14.8 Å². The van der Waals surface area contributed by atoms with Gasteiger partial charge in [-0.2, -0.15) is 0 Å². The van der Waals surface area contributed by atoms with Gasteiger partial charge in [-0.25, -0.2) is 0 Å². The number of nitrogens with one attached hydrogen (secondary N) is 1. The molecule has 1 saturated heterocycles. The van der Waals surface area contributed by atoms with Gasteiger partial charge in [0.05, 0.1) is 19.4 Å². The number of piperazine rings is 1. The molecular weight excluding hydrogens is 402 g/mol. The van der Waals surface area contributed by atoms with Gasteiger partial charge in [-0.15, -0.1) is 0 Å². The van der Waals surface area contributed by atoms with E-state index in [9.17, 15) is 4.79 Å². The third-order valence-electron chi connectivity index (χ3n) is 6.22. The Hall–Kier alpha value is -2.99. The second kappa shape index (κ2) is 9.65. The molecule has 1 amide bonds. The normalized spacial score (nSPS) is 23.5. The average Bonchev–Trinajstić information content (AvgIpc) is 2.80. The van der Waals surface area contributed by atoms with E-state index in [0.29, 0.717) is 24.1 Å². The summed E-state index contributed by atoms with van der Waals surface area (Å²) in [5.41, 5.74) is 4.01. The van der Waals surface area contributed by atoms with Crippen LogP contribution in [0.3, 0.4) is 0 Å². The van der Waals surface area contributed by atoms with E-state index in [4.69, 9.17) is 9.47 Å². The Bertz CT molecular complexity index is 992. The van der Waals surface area contributed by atoms with Crippen LogP contribution in [0.15, 0.2) is 60.1 Å². The van der Waals surface area contributed by atoms with Crippen molar-refractivity contribution >= 4 is 11.5 Å². The Morgan fingerprint density at radius 3 is 2.72 bits per heavy atom. The molecule has 6 nitrogen and oxygen atoms in total. The average molecular weight is 436 g/mol. The van der Waals surface area contributed by atoms with Crippen molar-refractivity contribution in [2.45, 2.75) is 33.2 Å². The molecule has 32 heavy (non-hydrogen) atoms. The summed E-state index contributed by atoms with van der Waals surface area (Å²) in [4.78, 5) is 17.5. The van der Waals surface area contributed by atoms with Gasteiger partial charge in [0.2, 0.25) is 0 Å². The predicted octanol–water partition coefficient (Wildman–Crippen LogP) is 3.93. The molecule has 1 aromatic rings. The molecule has 1 fully saturated rings. The number of hydrogen-bond acceptors (Lipinski definition) is 5. The van der Waals surface area contributed by atoms with Crippen LogP contribution in [0.1, 0.15) is 32.8 Å². The maximum atomic E-state index is 13.4. The van der Waals surface area contributed by atoms with Crippen molar-refractivity contribution in [1.29, 1.82) is 0 Å². The monoisotopic (exact) mass is 435 g/mol. The van der Waals surface area contributed by atoms with Crippen LogP contribution in [0, 0.1) is 5.92 Å². The van der Waals surface area contributed by atoms with E-state index in [0.717, 1.165) is 48.6 Å². The van der Waals surface area contributed by atoms with Gasteiger partial charge in [-0.3, -0.25) is 9.69 Å². The summed E-state index contributed by atoms with van der Waals surface area (Å²) < 4.78 is 11.2. The summed E-state index contributed by atoms with van der Waals surface area (Å²) in [5, 5.41) is 3.47. The summed E-state index contributed by atoms with van der Waals surface area (Å²) >= 11 is 0. The fourth-order valence-corrected chi connectivity index (χ4v) is 4.47. The first-order chi connectivity index (χ1) is 15.5. The lowest BCUT2D eigenvalue weighted by Crippen LogP contribution is -2.48. The van der Waals surface area contributed by atoms with Gasteiger partial charge in [-0.1, -0.05) is 19.1 Å². The highest BCUT2D eigenvalue weighted by Crippen LogP contribution is 2.36. The SMILES string of the molecule is CCOc1cc(C2=CC(=O)N3C=C(N4CCNC(C)C4)C=CC3=CCC2C)ccc1OC. The van der Waals surface area contributed by atoms with Gasteiger partial charge in [0.25, 0.3) is 5.91 Å². The number of carbonyl (C=O) groups excluding carboxylic acids is 1. The summed E-state index contributed by atoms with van der Waals surface area (Å²) in [6.07, 6.45) is 11.0. The number of carbonyl (C=O) groups is 1. The first-order valence-electron chi connectivity index (χ1n) is 11.4. The smallest absolute Gasteiger partial charge is 0.255 e. The van der Waals surface area contributed by atoms with Crippen LogP contribution in [-0.4, -0.2) is 55.1 Å². The molecular formula is C26H33N3O3. The first kappa shape index (κ1) is 22.2. The zero-order valence-corrected chi connectivity index (χ0v) is 19.4. The van der Waals surface area contributed by atoms with Gasteiger partial charge in [0.15, 0.2) is 11.5 Å². The van der Waals surface area contributed by atoms with Crippen molar-refractivity contribution in [1.82, 2.24) is 15.1 Å². The van der Waals surface area contributed by atoms with Crippen LogP contribution in [0.25, 0.3) is 5.57 Å². The summed E-state index contributed by atoms with van der Waals surface area (Å²) in [7, 11) is 1.64. The van der Waals surface area contributed by atoms with Crippen molar-refractivity contribution in [2.75, 3.05) is 33.4 Å². The second-order valence-corrected chi connectivity index (χ2v) is 8.56. The lowest BCUT2D eigenvalue weighted by atomic mass is 9.89. The van der Waals surface area contributed by atoms with E-state index in [2.05, 4.69) is 42.3 Å². The minimum atomic E-state index is -0.0309. The Kier molecular flexibility index (Phi) is 6.70. The van der Waals surface area contributed by atoms with E-state index >= 15 is 0 Å². The highest BCUT2D eigenvalue weighted by molar-refractivity contribution is 5.98. The fraction of sp³-hybridized carbons (Fsp3) is 0.423. The fourth-order valence-electron chi connectivity index (χ4n) is 4.47. The second-order valence-electron chi connectivity index (χ2n) is 8.56. The molecule has 0 radical (unpaired) electrons. The summed E-state index contributed by atoms with van der Waals surface area (Å²) in [5.74, 6) is 1.56. The molecule has 1 N–H and O–H groups in total. The minimum absolute atomic E-state index is 0.0309.